The number of nitrogens with zero attached hydrogens (tertiary/aromatic N) is 2. The van der Waals surface area contributed by atoms with Gasteiger partial charge in [0.05, 0.1) is 12.1 Å². The van der Waals surface area contributed by atoms with Crippen molar-refractivity contribution in [3.8, 4) is 0 Å². The Bertz CT molecular complexity index is 819. The summed E-state index contributed by atoms with van der Waals surface area (Å²) < 4.78 is 53.3. The SMILES string of the molecule is O=C(c1ccc(F)cc1)N1N=C(c2ccccc2)C[C@]1(O)C(F)(F)F. The van der Waals surface area contributed by atoms with Crippen molar-refractivity contribution in [1.82, 2.24) is 5.01 Å². The molecule has 1 heterocycles. The number of carbonyl (C=O) groups is 1. The van der Waals surface area contributed by atoms with Gasteiger partial charge in [0, 0.05) is 5.56 Å². The van der Waals surface area contributed by atoms with Crippen molar-refractivity contribution in [2.75, 3.05) is 0 Å². The summed E-state index contributed by atoms with van der Waals surface area (Å²) in [4.78, 5) is 12.4. The third-order valence-corrected chi connectivity index (χ3v) is 3.83. The van der Waals surface area contributed by atoms with Gasteiger partial charge < -0.3 is 5.11 Å². The van der Waals surface area contributed by atoms with Gasteiger partial charge >= 0.3 is 6.18 Å². The van der Waals surface area contributed by atoms with Crippen molar-refractivity contribution in [3.63, 3.8) is 0 Å². The van der Waals surface area contributed by atoms with Gasteiger partial charge in [-0.2, -0.15) is 23.3 Å². The van der Waals surface area contributed by atoms with Crippen molar-refractivity contribution in [2.45, 2.75) is 18.3 Å². The molecule has 4 nitrogen and oxygen atoms in total. The summed E-state index contributed by atoms with van der Waals surface area (Å²) in [7, 11) is 0. The molecule has 0 aliphatic carbocycles. The highest BCUT2D eigenvalue weighted by atomic mass is 19.4. The number of amides is 1. The first-order chi connectivity index (χ1) is 11.7. The van der Waals surface area contributed by atoms with Crippen LogP contribution >= 0.6 is 0 Å². The van der Waals surface area contributed by atoms with E-state index in [0.717, 1.165) is 24.3 Å². The molecule has 3 rings (SSSR count). The van der Waals surface area contributed by atoms with Crippen molar-refractivity contribution in [1.29, 1.82) is 0 Å². The van der Waals surface area contributed by atoms with E-state index in [2.05, 4.69) is 5.10 Å². The Morgan fingerprint density at radius 2 is 1.68 bits per heavy atom. The number of carbonyl (C=O) groups excluding carboxylic acids is 1. The topological polar surface area (TPSA) is 52.9 Å². The Kier molecular flexibility index (Phi) is 4.08. The van der Waals surface area contributed by atoms with Gasteiger partial charge in [0.25, 0.3) is 11.6 Å². The molecule has 0 bridgehead atoms. The Morgan fingerprint density at radius 1 is 1.08 bits per heavy atom. The molecule has 1 aliphatic rings. The summed E-state index contributed by atoms with van der Waals surface area (Å²) in [5, 5.41) is 13.9. The lowest BCUT2D eigenvalue weighted by Gasteiger charge is -2.32. The monoisotopic (exact) mass is 352 g/mol. The molecule has 0 radical (unpaired) electrons. The third kappa shape index (κ3) is 3.00. The van der Waals surface area contributed by atoms with Crippen LogP contribution in [0.1, 0.15) is 22.3 Å². The zero-order valence-electron chi connectivity index (χ0n) is 12.7. The summed E-state index contributed by atoms with van der Waals surface area (Å²) in [6.07, 6.45) is -6.02. The van der Waals surface area contributed by atoms with Gasteiger partial charge in [-0.3, -0.25) is 4.79 Å². The molecule has 25 heavy (non-hydrogen) atoms. The summed E-state index contributed by atoms with van der Waals surface area (Å²) in [5.74, 6) is -1.82. The van der Waals surface area contributed by atoms with Crippen LogP contribution in [0.5, 0.6) is 0 Å². The normalized spacial score (nSPS) is 20.5. The number of hydrogen-bond donors (Lipinski definition) is 1. The molecule has 0 saturated carbocycles. The van der Waals surface area contributed by atoms with Crippen molar-refractivity contribution < 1.29 is 27.5 Å². The second-order valence-electron chi connectivity index (χ2n) is 5.53. The summed E-state index contributed by atoms with van der Waals surface area (Å²) in [6.45, 7) is 0. The van der Waals surface area contributed by atoms with Crippen LogP contribution in [-0.4, -0.2) is 33.6 Å². The van der Waals surface area contributed by atoms with E-state index in [0.29, 0.717) is 5.56 Å². The predicted octanol–water partition coefficient (Wildman–Crippen LogP) is 3.33. The third-order valence-electron chi connectivity index (χ3n) is 3.83. The first kappa shape index (κ1) is 17.1. The summed E-state index contributed by atoms with van der Waals surface area (Å²) in [5.41, 5.74) is -3.40. The molecule has 1 atom stereocenters. The molecule has 2 aromatic carbocycles. The maximum atomic E-state index is 13.4. The zero-order chi connectivity index (χ0) is 18.2. The fourth-order valence-electron chi connectivity index (χ4n) is 2.49. The molecule has 1 N–H and O–H groups in total. The number of aliphatic hydroxyl groups is 1. The lowest BCUT2D eigenvalue weighted by atomic mass is 10.0. The standard InChI is InChI=1S/C17H12F4N2O2/c18-13-8-6-12(7-9-13)15(24)23-16(25,17(19,20)21)10-14(22-23)11-4-2-1-3-5-11/h1-9,25H,10H2/t16-/m0/s1. The summed E-state index contributed by atoms with van der Waals surface area (Å²) in [6, 6.07) is 11.9. The number of halogens is 4. The molecule has 0 aromatic heterocycles. The van der Waals surface area contributed by atoms with Crippen LogP contribution in [-0.2, 0) is 0 Å². The molecule has 0 spiro atoms. The average molecular weight is 352 g/mol. The Morgan fingerprint density at radius 3 is 2.24 bits per heavy atom. The minimum atomic E-state index is -5.12. The highest BCUT2D eigenvalue weighted by Crippen LogP contribution is 2.41. The predicted molar refractivity (Wildman–Crippen MR) is 81.2 cm³/mol. The van der Waals surface area contributed by atoms with E-state index in [1.165, 1.54) is 12.1 Å². The van der Waals surface area contributed by atoms with Gasteiger partial charge in [-0.05, 0) is 29.8 Å². The second kappa shape index (κ2) is 5.96. The molecule has 0 fully saturated rings. The van der Waals surface area contributed by atoms with Crippen molar-refractivity contribution >= 4 is 11.6 Å². The van der Waals surface area contributed by atoms with Crippen molar-refractivity contribution in [3.05, 3.63) is 71.5 Å². The fourth-order valence-corrected chi connectivity index (χ4v) is 2.49. The average Bonchev–Trinajstić information content (AvgIpc) is 2.95. The van der Waals surface area contributed by atoms with E-state index < -0.39 is 30.0 Å². The second-order valence-corrected chi connectivity index (χ2v) is 5.53. The number of hydrazone groups is 1. The van der Waals surface area contributed by atoms with Crippen LogP contribution < -0.4 is 0 Å². The van der Waals surface area contributed by atoms with E-state index >= 15 is 0 Å². The molecule has 0 saturated heterocycles. The Balaban J connectivity index is 2.04. The minimum absolute atomic E-state index is 0.0164. The van der Waals surface area contributed by atoms with Crippen LogP contribution in [0.3, 0.4) is 0 Å². The molecule has 130 valence electrons. The smallest absolute Gasteiger partial charge is 0.362 e. The van der Waals surface area contributed by atoms with Gasteiger partial charge in [-0.25, -0.2) is 4.39 Å². The lowest BCUT2D eigenvalue weighted by molar-refractivity contribution is -0.297. The highest BCUT2D eigenvalue weighted by molar-refractivity contribution is 6.05. The van der Waals surface area contributed by atoms with E-state index in [-0.39, 0.29) is 16.3 Å². The van der Waals surface area contributed by atoms with Crippen molar-refractivity contribution in [2.24, 2.45) is 5.10 Å². The number of rotatable bonds is 2. The fraction of sp³-hybridized carbons (Fsp3) is 0.176. The first-order valence-electron chi connectivity index (χ1n) is 7.24. The number of alkyl halides is 3. The van der Waals surface area contributed by atoms with E-state index in [1.54, 1.807) is 18.2 Å². The van der Waals surface area contributed by atoms with Crippen LogP contribution in [0.15, 0.2) is 59.7 Å². The van der Waals surface area contributed by atoms with E-state index in [4.69, 9.17) is 0 Å². The minimum Gasteiger partial charge on any atom is -0.362 e. The Labute approximate surface area is 140 Å². The lowest BCUT2D eigenvalue weighted by Crippen LogP contribution is -2.56. The molecule has 1 aliphatic heterocycles. The largest absolute Gasteiger partial charge is 0.438 e. The van der Waals surface area contributed by atoms with E-state index in [9.17, 15) is 27.5 Å². The van der Waals surface area contributed by atoms with Crippen LogP contribution in [0, 0.1) is 5.82 Å². The van der Waals surface area contributed by atoms with Gasteiger partial charge in [0.1, 0.15) is 5.82 Å². The van der Waals surface area contributed by atoms with Crippen LogP contribution in [0.4, 0.5) is 17.6 Å². The summed E-state index contributed by atoms with van der Waals surface area (Å²) >= 11 is 0. The Hall–Kier alpha value is -2.74. The molecule has 0 unspecified atom stereocenters. The van der Waals surface area contributed by atoms with Gasteiger partial charge in [0.15, 0.2) is 0 Å². The first-order valence-corrected chi connectivity index (χ1v) is 7.24. The molecule has 8 heteroatoms. The van der Waals surface area contributed by atoms with E-state index in [1.807, 2.05) is 0 Å². The maximum Gasteiger partial charge on any atom is 0.438 e. The number of benzene rings is 2. The highest BCUT2D eigenvalue weighted by Gasteiger charge is 2.63. The van der Waals surface area contributed by atoms with Crippen LogP contribution in [0.25, 0.3) is 0 Å². The molecular formula is C17H12F4N2O2. The maximum absolute atomic E-state index is 13.4. The van der Waals surface area contributed by atoms with Crippen LogP contribution in [0.2, 0.25) is 0 Å². The van der Waals surface area contributed by atoms with Gasteiger partial charge in [0.2, 0.25) is 0 Å². The zero-order valence-corrected chi connectivity index (χ0v) is 12.7. The quantitative estimate of drug-likeness (QED) is 0.843. The number of hydrogen-bond acceptors (Lipinski definition) is 3. The molecule has 1 amide bonds. The molecule has 2 aromatic rings. The van der Waals surface area contributed by atoms with Gasteiger partial charge in [-0.15, -0.1) is 0 Å². The van der Waals surface area contributed by atoms with Gasteiger partial charge in [-0.1, -0.05) is 30.3 Å². The molecular weight excluding hydrogens is 340 g/mol.